The molecule has 3 heteroatoms. The van der Waals surface area contributed by atoms with E-state index in [-0.39, 0.29) is 11.9 Å². The number of halogens is 1. The molecule has 2 N–H and O–H groups in total. The smallest absolute Gasteiger partial charge is 0.123 e. The molecule has 1 atom stereocenters. The first kappa shape index (κ1) is 12.5. The fourth-order valence-electron chi connectivity index (χ4n) is 2.62. The molecule has 0 bridgehead atoms. The maximum atomic E-state index is 13.3. The van der Waals surface area contributed by atoms with Crippen LogP contribution >= 0.6 is 0 Å². The molecule has 0 aromatic heterocycles. The average molecular weight is 236 g/mol. The van der Waals surface area contributed by atoms with Crippen LogP contribution in [0.5, 0.6) is 0 Å². The Balaban J connectivity index is 2.14. The molecule has 1 unspecified atom stereocenters. The van der Waals surface area contributed by atoms with E-state index in [9.17, 15) is 4.39 Å². The fraction of sp³-hybridized carbons (Fsp3) is 0.571. The van der Waals surface area contributed by atoms with Gasteiger partial charge < -0.3 is 5.73 Å². The molecule has 17 heavy (non-hydrogen) atoms. The third-order valence-corrected chi connectivity index (χ3v) is 3.54. The van der Waals surface area contributed by atoms with Crippen molar-refractivity contribution in [3.63, 3.8) is 0 Å². The minimum absolute atomic E-state index is 0.170. The summed E-state index contributed by atoms with van der Waals surface area (Å²) in [7, 11) is 0. The first-order valence-corrected chi connectivity index (χ1v) is 6.51. The summed E-state index contributed by atoms with van der Waals surface area (Å²) < 4.78 is 13.3. The third kappa shape index (κ3) is 3.27. The van der Waals surface area contributed by atoms with E-state index < -0.39 is 0 Å². The summed E-state index contributed by atoms with van der Waals surface area (Å²) in [6, 6.07) is 7.02. The highest BCUT2D eigenvalue weighted by Gasteiger charge is 2.20. The predicted molar refractivity (Wildman–Crippen MR) is 68.2 cm³/mol. The van der Waals surface area contributed by atoms with Crippen LogP contribution in [0.15, 0.2) is 24.3 Å². The standard InChI is InChI=1S/C14H21FN2/c15-13-7-5-6-12(10-13)14(11-16)17-8-3-1-2-4-9-17/h5-7,10,14H,1-4,8-9,11,16H2. The van der Waals surface area contributed by atoms with E-state index in [2.05, 4.69) is 4.90 Å². The number of nitrogens with two attached hydrogens (primary N) is 1. The minimum atomic E-state index is -0.171. The van der Waals surface area contributed by atoms with E-state index in [1.807, 2.05) is 6.07 Å². The highest BCUT2D eigenvalue weighted by Crippen LogP contribution is 2.23. The number of likely N-dealkylation sites (tertiary alicyclic amines) is 1. The van der Waals surface area contributed by atoms with Gasteiger partial charge in [-0.1, -0.05) is 25.0 Å². The highest BCUT2D eigenvalue weighted by molar-refractivity contribution is 5.20. The van der Waals surface area contributed by atoms with Crippen LogP contribution in [-0.4, -0.2) is 24.5 Å². The summed E-state index contributed by atoms with van der Waals surface area (Å²) in [5.74, 6) is -0.171. The number of hydrogen-bond donors (Lipinski definition) is 1. The second-order valence-electron chi connectivity index (χ2n) is 4.76. The number of nitrogens with zero attached hydrogens (tertiary/aromatic N) is 1. The summed E-state index contributed by atoms with van der Waals surface area (Å²) in [6.07, 6.45) is 5.06. The second kappa shape index (κ2) is 6.12. The Morgan fingerprint density at radius 1 is 1.18 bits per heavy atom. The van der Waals surface area contributed by atoms with E-state index in [1.165, 1.54) is 31.7 Å². The summed E-state index contributed by atoms with van der Waals surface area (Å²) in [5.41, 5.74) is 6.88. The normalized spacial score (nSPS) is 19.9. The van der Waals surface area contributed by atoms with Gasteiger partial charge in [0.2, 0.25) is 0 Å². The molecule has 2 nitrogen and oxygen atoms in total. The van der Waals surface area contributed by atoms with Gasteiger partial charge in [0.15, 0.2) is 0 Å². The van der Waals surface area contributed by atoms with Gasteiger partial charge in [0.1, 0.15) is 5.82 Å². The molecule has 1 heterocycles. The first-order chi connectivity index (χ1) is 8.31. The Kier molecular flexibility index (Phi) is 4.51. The average Bonchev–Trinajstić information content (AvgIpc) is 2.59. The molecule has 0 amide bonds. The van der Waals surface area contributed by atoms with Crippen LogP contribution in [0, 0.1) is 5.82 Å². The summed E-state index contributed by atoms with van der Waals surface area (Å²) in [6.45, 7) is 2.72. The van der Waals surface area contributed by atoms with Crippen LogP contribution in [0.25, 0.3) is 0 Å². The van der Waals surface area contributed by atoms with Gasteiger partial charge in [-0.2, -0.15) is 0 Å². The number of benzene rings is 1. The molecule has 0 spiro atoms. The maximum absolute atomic E-state index is 13.3. The molecule has 0 aliphatic carbocycles. The lowest BCUT2D eigenvalue weighted by molar-refractivity contribution is 0.209. The van der Waals surface area contributed by atoms with Crippen molar-refractivity contribution in [1.82, 2.24) is 4.90 Å². The van der Waals surface area contributed by atoms with E-state index in [4.69, 9.17) is 5.73 Å². The van der Waals surface area contributed by atoms with Gasteiger partial charge in [-0.25, -0.2) is 4.39 Å². The molecule has 1 aliphatic rings. The third-order valence-electron chi connectivity index (χ3n) is 3.54. The molecule has 1 saturated heterocycles. The maximum Gasteiger partial charge on any atom is 0.123 e. The summed E-state index contributed by atoms with van der Waals surface area (Å²) in [4.78, 5) is 2.40. The van der Waals surface area contributed by atoms with Gasteiger partial charge in [-0.3, -0.25) is 4.90 Å². The van der Waals surface area contributed by atoms with Gasteiger partial charge in [-0.15, -0.1) is 0 Å². The van der Waals surface area contributed by atoms with E-state index >= 15 is 0 Å². The molecule has 1 aromatic rings. The van der Waals surface area contributed by atoms with Crippen LogP contribution in [0.3, 0.4) is 0 Å². The second-order valence-corrected chi connectivity index (χ2v) is 4.76. The summed E-state index contributed by atoms with van der Waals surface area (Å²) in [5, 5.41) is 0. The lowest BCUT2D eigenvalue weighted by Crippen LogP contribution is -2.34. The zero-order chi connectivity index (χ0) is 12.1. The molecular weight excluding hydrogens is 215 g/mol. The van der Waals surface area contributed by atoms with Crippen molar-refractivity contribution in [2.24, 2.45) is 5.73 Å². The van der Waals surface area contributed by atoms with Gasteiger partial charge in [-0.05, 0) is 43.6 Å². The molecule has 94 valence electrons. The SMILES string of the molecule is NCC(c1cccc(F)c1)N1CCCCCC1. The van der Waals surface area contributed by atoms with Crippen molar-refractivity contribution in [2.45, 2.75) is 31.7 Å². The Hall–Kier alpha value is -0.930. The van der Waals surface area contributed by atoms with Crippen LogP contribution in [0.4, 0.5) is 4.39 Å². The van der Waals surface area contributed by atoms with Crippen LogP contribution < -0.4 is 5.73 Å². The van der Waals surface area contributed by atoms with Crippen LogP contribution in [0.1, 0.15) is 37.3 Å². The van der Waals surface area contributed by atoms with Crippen molar-refractivity contribution in [2.75, 3.05) is 19.6 Å². The van der Waals surface area contributed by atoms with Crippen LogP contribution in [-0.2, 0) is 0 Å². The Labute approximate surface area is 103 Å². The lowest BCUT2D eigenvalue weighted by atomic mass is 10.0. The van der Waals surface area contributed by atoms with Crippen molar-refractivity contribution >= 4 is 0 Å². The Bertz CT molecular complexity index is 346. The van der Waals surface area contributed by atoms with E-state index in [0.29, 0.717) is 6.54 Å². The van der Waals surface area contributed by atoms with Crippen molar-refractivity contribution in [3.8, 4) is 0 Å². The van der Waals surface area contributed by atoms with Crippen molar-refractivity contribution < 1.29 is 4.39 Å². The number of rotatable bonds is 3. The Morgan fingerprint density at radius 3 is 2.47 bits per heavy atom. The van der Waals surface area contributed by atoms with Crippen molar-refractivity contribution in [1.29, 1.82) is 0 Å². The topological polar surface area (TPSA) is 29.3 Å². The van der Waals surface area contributed by atoms with Gasteiger partial charge in [0, 0.05) is 12.6 Å². The van der Waals surface area contributed by atoms with E-state index in [1.54, 1.807) is 12.1 Å². The molecule has 1 aromatic carbocycles. The lowest BCUT2D eigenvalue weighted by Gasteiger charge is -2.30. The summed E-state index contributed by atoms with van der Waals surface area (Å²) >= 11 is 0. The monoisotopic (exact) mass is 236 g/mol. The van der Waals surface area contributed by atoms with Gasteiger partial charge in [0.05, 0.1) is 0 Å². The molecule has 1 fully saturated rings. The van der Waals surface area contributed by atoms with Crippen LogP contribution in [0.2, 0.25) is 0 Å². The van der Waals surface area contributed by atoms with Gasteiger partial charge >= 0.3 is 0 Å². The molecule has 0 saturated carbocycles. The first-order valence-electron chi connectivity index (χ1n) is 6.51. The molecule has 0 radical (unpaired) electrons. The van der Waals surface area contributed by atoms with E-state index in [0.717, 1.165) is 18.7 Å². The largest absolute Gasteiger partial charge is 0.329 e. The fourth-order valence-corrected chi connectivity index (χ4v) is 2.62. The predicted octanol–water partition coefficient (Wildman–Crippen LogP) is 2.70. The zero-order valence-corrected chi connectivity index (χ0v) is 10.2. The molecular formula is C14H21FN2. The Morgan fingerprint density at radius 2 is 1.88 bits per heavy atom. The quantitative estimate of drug-likeness (QED) is 0.874. The van der Waals surface area contributed by atoms with Crippen molar-refractivity contribution in [3.05, 3.63) is 35.6 Å². The van der Waals surface area contributed by atoms with Gasteiger partial charge in [0.25, 0.3) is 0 Å². The number of hydrogen-bond acceptors (Lipinski definition) is 2. The molecule has 1 aliphatic heterocycles. The highest BCUT2D eigenvalue weighted by atomic mass is 19.1. The molecule has 2 rings (SSSR count). The zero-order valence-electron chi connectivity index (χ0n) is 10.2. The minimum Gasteiger partial charge on any atom is -0.329 e.